The van der Waals surface area contributed by atoms with E-state index in [1.54, 1.807) is 4.68 Å². The molecule has 0 radical (unpaired) electrons. The molecule has 0 saturated carbocycles. The highest BCUT2D eigenvalue weighted by molar-refractivity contribution is 5.98. The van der Waals surface area contributed by atoms with Gasteiger partial charge in [-0.25, -0.2) is 4.39 Å². The minimum absolute atomic E-state index is 0.288. The number of amides is 2. The Balaban J connectivity index is 1.68. The Kier molecular flexibility index (Phi) is 5.16. The summed E-state index contributed by atoms with van der Waals surface area (Å²) in [6.07, 6.45) is 1.83. The van der Waals surface area contributed by atoms with Crippen LogP contribution in [0.15, 0.2) is 84.9 Å². The lowest BCUT2D eigenvalue weighted by Gasteiger charge is -2.14. The first kappa shape index (κ1) is 18.6. The van der Waals surface area contributed by atoms with Crippen LogP contribution < -0.4 is 10.7 Å². The molecule has 144 valence electrons. The average Bonchev–Trinajstić information content (AvgIpc) is 3.04. The highest BCUT2D eigenvalue weighted by Gasteiger charge is 2.47. The van der Waals surface area contributed by atoms with Crippen molar-refractivity contribution >= 4 is 18.0 Å². The molecule has 4 rings (SSSR count). The number of nitrogens with zero attached hydrogens (tertiary/aromatic N) is 1. The van der Waals surface area contributed by atoms with Gasteiger partial charge in [0.15, 0.2) is 6.04 Å². The predicted octanol–water partition coefficient (Wildman–Crippen LogP) is 2.84. The summed E-state index contributed by atoms with van der Waals surface area (Å²) in [5.41, 5.74) is 4.91. The van der Waals surface area contributed by atoms with Crippen molar-refractivity contribution in [1.29, 1.82) is 0 Å². The number of carbonyl (C=O) groups is 2. The topological polar surface area (TPSA) is 61.2 Å². The van der Waals surface area contributed by atoms with Gasteiger partial charge < -0.3 is 5.32 Å². The highest BCUT2D eigenvalue weighted by Crippen LogP contribution is 2.25. The minimum Gasteiger partial charge on any atom is -0.334 e. The number of rotatable bonds is 4. The first-order valence-electron chi connectivity index (χ1n) is 9.22. The summed E-state index contributed by atoms with van der Waals surface area (Å²) >= 11 is 0. The summed E-state index contributed by atoms with van der Waals surface area (Å²) < 4.78 is 14.9. The minimum atomic E-state index is -0.810. The SMILES string of the molecule is O=C(N[C@@H]1C(=O)N/[N+](=C\c2ccccc2)[C@H]1c1ccccc1)c1ccc(F)cc1. The second-order valence-corrected chi connectivity index (χ2v) is 6.74. The van der Waals surface area contributed by atoms with E-state index in [1.807, 2.05) is 66.9 Å². The van der Waals surface area contributed by atoms with E-state index in [0.29, 0.717) is 0 Å². The molecule has 0 aromatic heterocycles. The quantitative estimate of drug-likeness (QED) is 0.676. The molecule has 0 spiro atoms. The van der Waals surface area contributed by atoms with Crippen LogP contribution in [-0.2, 0) is 4.79 Å². The number of hydrogen-bond acceptors (Lipinski definition) is 2. The van der Waals surface area contributed by atoms with Crippen LogP contribution in [0.2, 0.25) is 0 Å². The van der Waals surface area contributed by atoms with Crippen LogP contribution in [0, 0.1) is 5.82 Å². The third-order valence-corrected chi connectivity index (χ3v) is 4.76. The van der Waals surface area contributed by atoms with Crippen molar-refractivity contribution in [3.8, 4) is 0 Å². The van der Waals surface area contributed by atoms with Gasteiger partial charge in [-0.05, 0) is 36.4 Å². The van der Waals surface area contributed by atoms with Crippen molar-refractivity contribution in [1.82, 2.24) is 10.7 Å². The molecule has 1 heterocycles. The molecule has 0 bridgehead atoms. The van der Waals surface area contributed by atoms with E-state index in [4.69, 9.17) is 0 Å². The third-order valence-electron chi connectivity index (χ3n) is 4.76. The maximum absolute atomic E-state index is 13.2. The molecule has 5 nitrogen and oxygen atoms in total. The Morgan fingerprint density at radius 1 is 0.931 bits per heavy atom. The van der Waals surface area contributed by atoms with Crippen LogP contribution in [0.4, 0.5) is 4.39 Å². The summed E-state index contributed by atoms with van der Waals surface area (Å²) in [6, 6.07) is 23.1. The van der Waals surface area contributed by atoms with Crippen molar-refractivity contribution in [3.63, 3.8) is 0 Å². The molecule has 0 unspecified atom stereocenters. The molecule has 2 atom stereocenters. The van der Waals surface area contributed by atoms with E-state index >= 15 is 0 Å². The summed E-state index contributed by atoms with van der Waals surface area (Å²) in [7, 11) is 0. The molecule has 1 aliphatic heterocycles. The fraction of sp³-hybridized carbons (Fsp3) is 0.0870. The fourth-order valence-corrected chi connectivity index (χ4v) is 3.36. The molecule has 2 amide bonds. The number of carbonyl (C=O) groups excluding carboxylic acids is 2. The van der Waals surface area contributed by atoms with Gasteiger partial charge in [-0.3, -0.25) is 9.59 Å². The van der Waals surface area contributed by atoms with E-state index < -0.39 is 23.8 Å². The van der Waals surface area contributed by atoms with E-state index in [2.05, 4.69) is 10.7 Å². The molecule has 0 aliphatic carbocycles. The van der Waals surface area contributed by atoms with Gasteiger partial charge in [0.2, 0.25) is 12.3 Å². The van der Waals surface area contributed by atoms with E-state index in [1.165, 1.54) is 24.3 Å². The van der Waals surface area contributed by atoms with Gasteiger partial charge in [0.05, 0.1) is 0 Å². The van der Waals surface area contributed by atoms with Crippen molar-refractivity contribution in [3.05, 3.63) is 107 Å². The van der Waals surface area contributed by atoms with Crippen molar-refractivity contribution < 1.29 is 18.7 Å². The van der Waals surface area contributed by atoms with Crippen LogP contribution in [0.25, 0.3) is 0 Å². The zero-order valence-corrected chi connectivity index (χ0v) is 15.5. The molecule has 2 N–H and O–H groups in total. The Hall–Kier alpha value is -3.80. The monoisotopic (exact) mass is 388 g/mol. The number of hydrogen-bond donors (Lipinski definition) is 2. The molecule has 1 fully saturated rings. The largest absolute Gasteiger partial charge is 0.334 e. The van der Waals surface area contributed by atoms with E-state index in [-0.39, 0.29) is 11.5 Å². The molecule has 29 heavy (non-hydrogen) atoms. The number of nitrogens with one attached hydrogen (secondary N) is 2. The van der Waals surface area contributed by atoms with Gasteiger partial charge in [-0.15, -0.1) is 10.1 Å². The first-order valence-corrected chi connectivity index (χ1v) is 9.22. The van der Waals surface area contributed by atoms with Gasteiger partial charge in [-0.2, -0.15) is 0 Å². The predicted molar refractivity (Wildman–Crippen MR) is 107 cm³/mol. The second kappa shape index (κ2) is 8.06. The number of benzene rings is 3. The normalized spacial score (nSPS) is 19.8. The Morgan fingerprint density at radius 2 is 1.55 bits per heavy atom. The third kappa shape index (κ3) is 4.06. The maximum atomic E-state index is 13.2. The van der Waals surface area contributed by atoms with Crippen LogP contribution in [-0.4, -0.2) is 28.8 Å². The number of halogens is 1. The summed E-state index contributed by atoms with van der Waals surface area (Å²) in [6.45, 7) is 0. The molecule has 3 aromatic rings. The molecule has 1 aliphatic rings. The van der Waals surface area contributed by atoms with Crippen LogP contribution in [0.1, 0.15) is 27.5 Å². The maximum Gasteiger partial charge on any atom is 0.304 e. The van der Waals surface area contributed by atoms with E-state index in [0.717, 1.165) is 11.1 Å². The standard InChI is InChI=1S/C23H18FN3O2/c24-19-13-11-18(12-14-19)22(28)25-20-21(17-9-5-2-6-10-17)27(26-23(20)29)15-16-7-3-1-4-8-16/h1-15,20-21H,(H-,25,26,28,29)/p+1/b27-15-/t20-,21-/m0/s1. The zero-order valence-electron chi connectivity index (χ0n) is 15.5. The lowest BCUT2D eigenvalue weighted by Crippen LogP contribution is -2.42. The van der Waals surface area contributed by atoms with Crippen molar-refractivity contribution in [2.75, 3.05) is 0 Å². The lowest BCUT2D eigenvalue weighted by molar-refractivity contribution is -0.596. The summed E-state index contributed by atoms with van der Waals surface area (Å²) in [5.74, 6) is -1.18. The molecule has 3 aromatic carbocycles. The van der Waals surface area contributed by atoms with Gasteiger partial charge in [0, 0.05) is 16.7 Å². The first-order chi connectivity index (χ1) is 14.1. The molecule has 1 saturated heterocycles. The molecule has 6 heteroatoms. The van der Waals surface area contributed by atoms with Gasteiger partial charge >= 0.3 is 5.91 Å². The van der Waals surface area contributed by atoms with E-state index in [9.17, 15) is 14.0 Å². The Morgan fingerprint density at radius 3 is 2.21 bits per heavy atom. The number of hydrazine groups is 1. The zero-order chi connectivity index (χ0) is 20.2. The fourth-order valence-electron chi connectivity index (χ4n) is 3.36. The average molecular weight is 388 g/mol. The lowest BCUT2D eigenvalue weighted by atomic mass is 10.00. The van der Waals surface area contributed by atoms with Gasteiger partial charge in [0.25, 0.3) is 5.91 Å². The second-order valence-electron chi connectivity index (χ2n) is 6.74. The summed E-state index contributed by atoms with van der Waals surface area (Å²) in [4.78, 5) is 25.4. The van der Waals surface area contributed by atoms with Gasteiger partial charge in [0.1, 0.15) is 5.82 Å². The van der Waals surface area contributed by atoms with Crippen LogP contribution in [0.3, 0.4) is 0 Å². The smallest absolute Gasteiger partial charge is 0.304 e. The van der Waals surface area contributed by atoms with Gasteiger partial charge in [-0.1, -0.05) is 48.5 Å². The summed E-state index contributed by atoms with van der Waals surface area (Å²) in [5, 5.41) is 2.79. The van der Waals surface area contributed by atoms with Crippen LogP contribution in [0.5, 0.6) is 0 Å². The van der Waals surface area contributed by atoms with Crippen molar-refractivity contribution in [2.45, 2.75) is 12.1 Å². The van der Waals surface area contributed by atoms with Crippen molar-refractivity contribution in [2.24, 2.45) is 0 Å². The Labute approximate surface area is 167 Å². The molecular formula is C23H19FN3O2+. The number of hydrazone groups is 1. The van der Waals surface area contributed by atoms with Crippen LogP contribution >= 0.6 is 0 Å². The highest BCUT2D eigenvalue weighted by atomic mass is 19.1. The Bertz CT molecular complexity index is 1050. The molecular weight excluding hydrogens is 369 g/mol.